The smallest absolute Gasteiger partial charge is 0.264 e. The van der Waals surface area contributed by atoms with E-state index in [0.29, 0.717) is 10.8 Å². The first kappa shape index (κ1) is 15.1. The third kappa shape index (κ3) is 3.35. The summed E-state index contributed by atoms with van der Waals surface area (Å²) in [6.07, 6.45) is 1.51. The van der Waals surface area contributed by atoms with Crippen molar-refractivity contribution in [1.82, 2.24) is 25.0 Å². The van der Waals surface area contributed by atoms with Crippen molar-refractivity contribution < 1.29 is 4.79 Å². The quantitative estimate of drug-likeness (QED) is 0.590. The maximum atomic E-state index is 12.0. The Morgan fingerprint density at radius 3 is 2.74 bits per heavy atom. The zero-order chi connectivity index (χ0) is 16.4. The van der Waals surface area contributed by atoms with Gasteiger partial charge in [-0.3, -0.25) is 4.79 Å². The number of fused-ring (bicyclic) bond motifs is 1. The summed E-state index contributed by atoms with van der Waals surface area (Å²) in [4.78, 5) is 20.4. The van der Waals surface area contributed by atoms with Crippen LogP contribution in [-0.4, -0.2) is 31.7 Å². The van der Waals surface area contributed by atoms with Crippen molar-refractivity contribution in [3.63, 3.8) is 0 Å². The number of nitrogens with zero attached hydrogens (tertiary/aromatic N) is 5. The third-order valence-corrected chi connectivity index (χ3v) is 3.32. The standard InChI is InChI=1S/C15H13ClN6O/c1-9-7-10(2)22-15(18-9)19-13(21-22)14(23)20-17-8-11-3-5-12(16)6-4-11/h3-8H,1-2H3,(H,20,23)/b17-8-. The number of rotatable bonds is 3. The molecular formula is C15H13ClN6O. The molecule has 2 aromatic heterocycles. The zero-order valence-corrected chi connectivity index (χ0v) is 13.2. The van der Waals surface area contributed by atoms with Crippen LogP contribution in [0.4, 0.5) is 0 Å². The molecule has 0 aliphatic heterocycles. The van der Waals surface area contributed by atoms with Crippen LogP contribution in [0.2, 0.25) is 5.02 Å². The predicted molar refractivity (Wildman–Crippen MR) is 86.8 cm³/mol. The van der Waals surface area contributed by atoms with Gasteiger partial charge in [0.15, 0.2) is 0 Å². The van der Waals surface area contributed by atoms with Crippen LogP contribution in [0.1, 0.15) is 27.6 Å². The molecule has 0 bridgehead atoms. The van der Waals surface area contributed by atoms with Crippen LogP contribution in [0.15, 0.2) is 35.4 Å². The van der Waals surface area contributed by atoms with E-state index in [1.54, 1.807) is 24.3 Å². The molecule has 1 N–H and O–H groups in total. The van der Waals surface area contributed by atoms with E-state index in [2.05, 4.69) is 25.6 Å². The average Bonchev–Trinajstić information content (AvgIpc) is 2.93. The summed E-state index contributed by atoms with van der Waals surface area (Å²) < 4.78 is 1.52. The summed E-state index contributed by atoms with van der Waals surface area (Å²) in [7, 11) is 0. The number of halogens is 1. The lowest BCUT2D eigenvalue weighted by molar-refractivity contribution is 0.0945. The van der Waals surface area contributed by atoms with E-state index in [4.69, 9.17) is 11.6 Å². The SMILES string of the molecule is Cc1cc(C)n2nc(C(=O)N/N=C\c3ccc(Cl)cc3)nc2n1. The van der Waals surface area contributed by atoms with Crippen molar-refractivity contribution in [2.75, 3.05) is 0 Å². The summed E-state index contributed by atoms with van der Waals surface area (Å²) in [6.45, 7) is 3.73. The molecule has 3 aromatic rings. The van der Waals surface area contributed by atoms with Gasteiger partial charge in [-0.25, -0.2) is 14.9 Å². The van der Waals surface area contributed by atoms with Crippen LogP contribution >= 0.6 is 11.6 Å². The van der Waals surface area contributed by atoms with Gasteiger partial charge < -0.3 is 0 Å². The van der Waals surface area contributed by atoms with E-state index in [0.717, 1.165) is 17.0 Å². The summed E-state index contributed by atoms with van der Waals surface area (Å²) in [5.74, 6) is -0.105. The molecule has 0 atom stereocenters. The molecule has 0 aliphatic carbocycles. The molecule has 0 unspecified atom stereocenters. The second-order valence-electron chi connectivity index (χ2n) is 4.94. The Labute approximate surface area is 137 Å². The summed E-state index contributed by atoms with van der Waals surface area (Å²) in [5, 5.41) is 8.65. The molecule has 1 aromatic carbocycles. The van der Waals surface area contributed by atoms with Crippen molar-refractivity contribution in [2.45, 2.75) is 13.8 Å². The minimum Gasteiger partial charge on any atom is -0.264 e. The van der Waals surface area contributed by atoms with Crippen LogP contribution in [0.5, 0.6) is 0 Å². The van der Waals surface area contributed by atoms with Crippen LogP contribution in [0.25, 0.3) is 5.78 Å². The number of aryl methyl sites for hydroxylation is 2. The normalized spacial score (nSPS) is 11.3. The van der Waals surface area contributed by atoms with Gasteiger partial charge >= 0.3 is 5.91 Å². The maximum Gasteiger partial charge on any atom is 0.311 e. The van der Waals surface area contributed by atoms with Crippen molar-refractivity contribution >= 4 is 29.5 Å². The highest BCUT2D eigenvalue weighted by atomic mass is 35.5. The van der Waals surface area contributed by atoms with Crippen molar-refractivity contribution in [3.8, 4) is 0 Å². The van der Waals surface area contributed by atoms with Gasteiger partial charge in [0, 0.05) is 16.4 Å². The highest BCUT2D eigenvalue weighted by Crippen LogP contribution is 2.08. The van der Waals surface area contributed by atoms with Gasteiger partial charge in [-0.2, -0.15) is 10.1 Å². The van der Waals surface area contributed by atoms with Crippen LogP contribution < -0.4 is 5.43 Å². The van der Waals surface area contributed by atoms with Gasteiger partial charge in [0.1, 0.15) is 0 Å². The van der Waals surface area contributed by atoms with E-state index in [9.17, 15) is 4.79 Å². The number of hydrogen-bond donors (Lipinski definition) is 1. The van der Waals surface area contributed by atoms with Crippen molar-refractivity contribution in [1.29, 1.82) is 0 Å². The average molecular weight is 329 g/mol. The first-order chi connectivity index (χ1) is 11.0. The van der Waals surface area contributed by atoms with Crippen LogP contribution in [-0.2, 0) is 0 Å². The molecule has 0 saturated carbocycles. The monoisotopic (exact) mass is 328 g/mol. The summed E-state index contributed by atoms with van der Waals surface area (Å²) >= 11 is 5.80. The molecule has 116 valence electrons. The Bertz CT molecular complexity index is 900. The van der Waals surface area contributed by atoms with E-state index in [1.165, 1.54) is 10.7 Å². The lowest BCUT2D eigenvalue weighted by atomic mass is 10.2. The Morgan fingerprint density at radius 2 is 2.00 bits per heavy atom. The number of carbonyl (C=O) groups excluding carboxylic acids is 1. The molecule has 1 amide bonds. The summed E-state index contributed by atoms with van der Waals surface area (Å²) in [5.41, 5.74) is 4.87. The molecule has 3 rings (SSSR count). The topological polar surface area (TPSA) is 84.5 Å². The fourth-order valence-corrected chi connectivity index (χ4v) is 2.15. The van der Waals surface area contributed by atoms with Gasteiger partial charge in [0.2, 0.25) is 5.82 Å². The Balaban J connectivity index is 1.75. The number of hydrogen-bond acceptors (Lipinski definition) is 5. The second kappa shape index (κ2) is 6.13. The largest absolute Gasteiger partial charge is 0.311 e. The van der Waals surface area contributed by atoms with Crippen LogP contribution in [0.3, 0.4) is 0 Å². The number of aromatic nitrogens is 4. The third-order valence-electron chi connectivity index (χ3n) is 3.07. The minimum atomic E-state index is -0.502. The van der Waals surface area contributed by atoms with Gasteiger partial charge in [-0.05, 0) is 37.6 Å². The Morgan fingerprint density at radius 1 is 1.26 bits per heavy atom. The van der Waals surface area contributed by atoms with Crippen LogP contribution in [0, 0.1) is 13.8 Å². The van der Waals surface area contributed by atoms with Crippen molar-refractivity contribution in [3.05, 3.63) is 58.1 Å². The fraction of sp³-hybridized carbons (Fsp3) is 0.133. The number of carbonyl (C=O) groups is 1. The van der Waals surface area contributed by atoms with Gasteiger partial charge in [-0.15, -0.1) is 5.10 Å². The molecule has 0 saturated heterocycles. The lowest BCUT2D eigenvalue weighted by Crippen LogP contribution is -2.19. The highest BCUT2D eigenvalue weighted by molar-refractivity contribution is 6.30. The molecule has 0 aliphatic rings. The number of nitrogens with one attached hydrogen (secondary N) is 1. The molecule has 23 heavy (non-hydrogen) atoms. The van der Waals surface area contributed by atoms with E-state index >= 15 is 0 Å². The first-order valence-electron chi connectivity index (χ1n) is 6.83. The van der Waals surface area contributed by atoms with Gasteiger partial charge in [0.25, 0.3) is 5.78 Å². The summed E-state index contributed by atoms with van der Waals surface area (Å²) in [6, 6.07) is 8.92. The molecule has 0 spiro atoms. The number of amides is 1. The Kier molecular flexibility index (Phi) is 4.03. The molecule has 8 heteroatoms. The molecule has 2 heterocycles. The number of benzene rings is 1. The fourth-order valence-electron chi connectivity index (χ4n) is 2.03. The zero-order valence-electron chi connectivity index (χ0n) is 12.5. The first-order valence-corrected chi connectivity index (χ1v) is 7.21. The maximum absolute atomic E-state index is 12.0. The van der Waals surface area contributed by atoms with Gasteiger partial charge in [0.05, 0.1) is 6.21 Å². The highest BCUT2D eigenvalue weighted by Gasteiger charge is 2.14. The van der Waals surface area contributed by atoms with E-state index in [-0.39, 0.29) is 5.82 Å². The molecule has 0 fully saturated rings. The van der Waals surface area contributed by atoms with E-state index in [1.807, 2.05) is 19.9 Å². The molecular weight excluding hydrogens is 316 g/mol. The molecule has 0 radical (unpaired) electrons. The van der Waals surface area contributed by atoms with Crippen molar-refractivity contribution in [2.24, 2.45) is 5.10 Å². The lowest BCUT2D eigenvalue weighted by Gasteiger charge is -1.97. The second-order valence-corrected chi connectivity index (χ2v) is 5.37. The minimum absolute atomic E-state index is 0.0134. The molecule has 7 nitrogen and oxygen atoms in total. The van der Waals surface area contributed by atoms with Gasteiger partial charge in [-0.1, -0.05) is 23.7 Å². The Hall–Kier alpha value is -2.80. The van der Waals surface area contributed by atoms with E-state index < -0.39 is 5.91 Å². The predicted octanol–water partition coefficient (Wildman–Crippen LogP) is 2.16. The number of hydrazone groups is 1.